The van der Waals surface area contributed by atoms with Crippen molar-refractivity contribution in [1.29, 1.82) is 0 Å². The van der Waals surface area contributed by atoms with Gasteiger partial charge in [-0.2, -0.15) is 0 Å². The molecule has 1 saturated heterocycles. The Morgan fingerprint density at radius 1 is 1.33 bits per heavy atom. The predicted molar refractivity (Wildman–Crippen MR) is 76.2 cm³/mol. The first-order valence-corrected chi connectivity index (χ1v) is 7.28. The van der Waals surface area contributed by atoms with Gasteiger partial charge in [-0.25, -0.2) is 9.18 Å². The molecule has 0 aliphatic carbocycles. The van der Waals surface area contributed by atoms with Gasteiger partial charge in [-0.3, -0.25) is 4.79 Å². The van der Waals surface area contributed by atoms with Crippen LogP contribution in [0.2, 0.25) is 0 Å². The maximum atomic E-state index is 13.4. The van der Waals surface area contributed by atoms with Crippen LogP contribution in [0.25, 0.3) is 0 Å². The van der Waals surface area contributed by atoms with Gasteiger partial charge in [0, 0.05) is 25.9 Å². The van der Waals surface area contributed by atoms with Crippen molar-refractivity contribution in [2.45, 2.75) is 24.9 Å². The number of likely N-dealkylation sites (tertiary alicyclic amines) is 1. The van der Waals surface area contributed by atoms with Gasteiger partial charge in [0.2, 0.25) is 5.91 Å². The van der Waals surface area contributed by atoms with Crippen molar-refractivity contribution in [2.75, 3.05) is 13.1 Å². The Labute approximate surface area is 129 Å². The highest BCUT2D eigenvalue weighted by Gasteiger charge is 2.40. The van der Waals surface area contributed by atoms with Gasteiger partial charge in [0.1, 0.15) is 5.82 Å². The van der Waals surface area contributed by atoms with Gasteiger partial charge in [-0.15, -0.1) is 0 Å². The minimum Gasteiger partial charge on any atom is -0.479 e. The monoisotopic (exact) mass is 359 g/mol. The molecular weight excluding hydrogens is 345 g/mol. The van der Waals surface area contributed by atoms with Crippen molar-refractivity contribution in [3.05, 3.63) is 34.1 Å². The molecule has 1 aromatic carbocycles. The topological polar surface area (TPSA) is 77.8 Å². The van der Waals surface area contributed by atoms with Crippen LogP contribution in [0.4, 0.5) is 4.39 Å². The molecule has 1 aromatic rings. The van der Waals surface area contributed by atoms with Gasteiger partial charge in [0.05, 0.1) is 10.9 Å². The average molecular weight is 360 g/mol. The first-order valence-electron chi connectivity index (χ1n) is 6.49. The zero-order chi connectivity index (χ0) is 15.6. The highest BCUT2D eigenvalue weighted by molar-refractivity contribution is 9.10. The summed E-state index contributed by atoms with van der Waals surface area (Å²) < 4.78 is 13.7. The van der Waals surface area contributed by atoms with Crippen LogP contribution < -0.4 is 0 Å². The quantitative estimate of drug-likeness (QED) is 0.858. The van der Waals surface area contributed by atoms with E-state index in [-0.39, 0.29) is 38.3 Å². The first kappa shape index (κ1) is 15.9. The van der Waals surface area contributed by atoms with Gasteiger partial charge in [0.15, 0.2) is 5.60 Å². The molecule has 0 radical (unpaired) electrons. The van der Waals surface area contributed by atoms with E-state index in [1.807, 2.05) is 0 Å². The summed E-state index contributed by atoms with van der Waals surface area (Å²) in [6.07, 6.45) is 0.0568. The number of aliphatic carboxylic acids is 1. The zero-order valence-electron chi connectivity index (χ0n) is 11.2. The molecule has 0 bridgehead atoms. The number of rotatable bonds is 3. The van der Waals surface area contributed by atoms with Crippen LogP contribution in [-0.2, 0) is 16.0 Å². The van der Waals surface area contributed by atoms with E-state index in [1.54, 1.807) is 6.07 Å². The lowest BCUT2D eigenvalue weighted by Crippen LogP contribution is -2.51. The summed E-state index contributed by atoms with van der Waals surface area (Å²) in [7, 11) is 0. The minimum absolute atomic E-state index is 0.00275. The van der Waals surface area contributed by atoms with E-state index in [2.05, 4.69) is 15.9 Å². The molecule has 2 rings (SSSR count). The number of nitrogens with zero attached hydrogens (tertiary/aromatic N) is 1. The van der Waals surface area contributed by atoms with Crippen molar-refractivity contribution >= 4 is 27.8 Å². The molecule has 1 fully saturated rings. The normalized spacial score (nSPS) is 17.6. The fourth-order valence-corrected chi connectivity index (χ4v) is 2.52. The Kier molecular flexibility index (Phi) is 4.63. The number of hydrogen-bond donors (Lipinski definition) is 2. The Hall–Kier alpha value is -1.47. The molecule has 7 heteroatoms. The van der Waals surface area contributed by atoms with Crippen molar-refractivity contribution in [3.8, 4) is 0 Å². The smallest absolute Gasteiger partial charge is 0.335 e. The van der Waals surface area contributed by atoms with Crippen molar-refractivity contribution in [3.63, 3.8) is 0 Å². The van der Waals surface area contributed by atoms with E-state index >= 15 is 0 Å². The summed E-state index contributed by atoms with van der Waals surface area (Å²) in [6.45, 7) is 0.362. The lowest BCUT2D eigenvalue weighted by atomic mass is 9.91. The van der Waals surface area contributed by atoms with E-state index < -0.39 is 17.4 Å². The third-order valence-electron chi connectivity index (χ3n) is 3.68. The molecule has 0 atom stereocenters. The number of halogens is 2. The van der Waals surface area contributed by atoms with Crippen LogP contribution in [0, 0.1) is 5.82 Å². The molecule has 114 valence electrons. The fraction of sp³-hybridized carbons (Fsp3) is 0.429. The number of aliphatic hydroxyl groups is 1. The average Bonchev–Trinajstić information content (AvgIpc) is 2.43. The number of carbonyl (C=O) groups is 2. The van der Waals surface area contributed by atoms with Crippen LogP contribution in [0.1, 0.15) is 18.4 Å². The molecule has 1 aliphatic heterocycles. The summed E-state index contributed by atoms with van der Waals surface area (Å²) in [5.74, 6) is -1.90. The molecule has 5 nitrogen and oxygen atoms in total. The number of carboxylic acid groups (broad SMARTS) is 1. The summed E-state index contributed by atoms with van der Waals surface area (Å²) in [6, 6.07) is 4.49. The van der Waals surface area contributed by atoms with Crippen molar-refractivity contribution in [1.82, 2.24) is 4.90 Å². The summed E-state index contributed by atoms with van der Waals surface area (Å²) in [5.41, 5.74) is -1.19. The number of benzene rings is 1. The third-order valence-corrected chi connectivity index (χ3v) is 4.32. The van der Waals surface area contributed by atoms with Gasteiger partial charge in [-0.1, -0.05) is 6.07 Å². The zero-order valence-corrected chi connectivity index (χ0v) is 12.8. The number of hydrogen-bond acceptors (Lipinski definition) is 3. The van der Waals surface area contributed by atoms with Gasteiger partial charge < -0.3 is 15.1 Å². The van der Waals surface area contributed by atoms with Gasteiger partial charge >= 0.3 is 5.97 Å². The summed E-state index contributed by atoms with van der Waals surface area (Å²) in [4.78, 5) is 24.5. The molecule has 0 aromatic heterocycles. The highest BCUT2D eigenvalue weighted by atomic mass is 79.9. The van der Waals surface area contributed by atoms with Crippen LogP contribution in [-0.4, -0.2) is 45.7 Å². The van der Waals surface area contributed by atoms with Crippen LogP contribution in [0.15, 0.2) is 22.7 Å². The molecule has 0 spiro atoms. The van der Waals surface area contributed by atoms with Crippen molar-refractivity contribution in [2.24, 2.45) is 0 Å². The van der Waals surface area contributed by atoms with Crippen LogP contribution in [0.3, 0.4) is 0 Å². The standard InChI is InChI=1S/C14H15BrFNO4/c15-10-2-1-9(7-11(10)16)8-12(18)17-5-3-14(21,4-6-17)13(19)20/h1-2,7,21H,3-6,8H2,(H,19,20). The van der Waals surface area contributed by atoms with E-state index in [1.165, 1.54) is 17.0 Å². The van der Waals surface area contributed by atoms with Gasteiger partial charge in [0.25, 0.3) is 0 Å². The molecular formula is C14H15BrFNO4. The predicted octanol–water partition coefficient (Wildman–Crippen LogP) is 1.57. The molecule has 1 aliphatic rings. The number of carbonyl (C=O) groups excluding carboxylic acids is 1. The maximum absolute atomic E-state index is 13.4. The lowest BCUT2D eigenvalue weighted by Gasteiger charge is -2.35. The van der Waals surface area contributed by atoms with Crippen LogP contribution >= 0.6 is 15.9 Å². The highest BCUT2D eigenvalue weighted by Crippen LogP contribution is 2.23. The first-order chi connectivity index (χ1) is 9.82. The third kappa shape index (κ3) is 3.59. The lowest BCUT2D eigenvalue weighted by molar-refractivity contribution is -0.165. The van der Waals surface area contributed by atoms with E-state index in [9.17, 15) is 19.1 Å². The summed E-state index contributed by atoms with van der Waals surface area (Å²) in [5, 5.41) is 18.7. The SMILES string of the molecule is O=C(Cc1ccc(Br)c(F)c1)N1CCC(O)(C(=O)O)CC1. The molecule has 1 amide bonds. The molecule has 2 N–H and O–H groups in total. The van der Waals surface area contributed by atoms with E-state index in [0.717, 1.165) is 0 Å². The Balaban J connectivity index is 1.96. The number of amides is 1. The van der Waals surface area contributed by atoms with Gasteiger partial charge in [-0.05, 0) is 33.6 Å². The fourth-order valence-electron chi connectivity index (χ4n) is 2.28. The van der Waals surface area contributed by atoms with E-state index in [4.69, 9.17) is 5.11 Å². The molecule has 0 unspecified atom stereocenters. The number of piperidine rings is 1. The largest absolute Gasteiger partial charge is 0.479 e. The Morgan fingerprint density at radius 2 is 1.95 bits per heavy atom. The van der Waals surface area contributed by atoms with Crippen molar-refractivity contribution < 1.29 is 24.2 Å². The Morgan fingerprint density at radius 3 is 2.48 bits per heavy atom. The molecule has 1 heterocycles. The summed E-state index contributed by atoms with van der Waals surface area (Å²) >= 11 is 3.04. The second-order valence-corrected chi connectivity index (χ2v) is 6.00. The second-order valence-electron chi connectivity index (χ2n) is 5.14. The molecule has 0 saturated carbocycles. The molecule has 21 heavy (non-hydrogen) atoms. The minimum atomic E-state index is -1.75. The Bertz CT molecular complexity index is 570. The number of carboxylic acids is 1. The maximum Gasteiger partial charge on any atom is 0.335 e. The van der Waals surface area contributed by atoms with Crippen LogP contribution in [0.5, 0.6) is 0 Å². The second kappa shape index (κ2) is 6.11. The van der Waals surface area contributed by atoms with E-state index in [0.29, 0.717) is 10.0 Å².